The molecule has 0 aliphatic carbocycles. The number of ether oxygens (including phenoxy) is 2. The van der Waals surface area contributed by atoms with E-state index >= 15 is 0 Å². The number of amides is 1. The molecule has 0 unspecified atom stereocenters. The Bertz CT molecular complexity index is 1430. The molecule has 0 spiro atoms. The van der Waals surface area contributed by atoms with E-state index < -0.39 is 6.17 Å². The Hall–Kier alpha value is -4.02. The number of methoxy groups -OCH3 is 1. The zero-order valence-corrected chi connectivity index (χ0v) is 22.9. The highest BCUT2D eigenvalue weighted by molar-refractivity contribution is 5.96. The number of hydrogen-bond donors (Lipinski definition) is 2. The number of halogens is 1. The molecule has 1 amide bonds. The zero-order valence-electron chi connectivity index (χ0n) is 22.9. The van der Waals surface area contributed by atoms with E-state index in [1.807, 2.05) is 60.1 Å². The Morgan fingerprint density at radius 2 is 1.90 bits per heavy atom. The molecular weight excluding hydrogens is 511 g/mol. The number of benzene rings is 2. The Morgan fingerprint density at radius 1 is 1.10 bits per heavy atom. The molecule has 210 valence electrons. The fourth-order valence-corrected chi connectivity index (χ4v) is 4.87. The van der Waals surface area contributed by atoms with Gasteiger partial charge in [-0.25, -0.2) is 14.4 Å². The van der Waals surface area contributed by atoms with Crippen molar-refractivity contribution in [1.82, 2.24) is 24.6 Å². The first kappa shape index (κ1) is 27.5. The number of nitrogens with one attached hydrogen (secondary N) is 2. The molecule has 0 atom stereocenters. The van der Waals surface area contributed by atoms with Crippen LogP contribution < -0.4 is 15.4 Å². The van der Waals surface area contributed by atoms with Crippen molar-refractivity contribution in [2.24, 2.45) is 0 Å². The van der Waals surface area contributed by atoms with Gasteiger partial charge in [-0.1, -0.05) is 0 Å². The fourth-order valence-electron chi connectivity index (χ4n) is 4.87. The summed E-state index contributed by atoms with van der Waals surface area (Å²) in [6.07, 6.45) is 5.97. The number of aryl methyl sites for hydroxylation is 1. The molecule has 2 N–H and O–H groups in total. The van der Waals surface area contributed by atoms with Gasteiger partial charge < -0.3 is 25.0 Å². The highest BCUT2D eigenvalue weighted by atomic mass is 19.1. The van der Waals surface area contributed by atoms with Crippen molar-refractivity contribution in [3.8, 4) is 17.0 Å². The number of alkyl halides is 1. The molecular formula is C30H35FN6O3. The number of imidazole rings is 1. The summed E-state index contributed by atoms with van der Waals surface area (Å²) in [6.45, 7) is 5.69. The number of nitrogens with zero attached hydrogens (tertiary/aromatic N) is 4. The van der Waals surface area contributed by atoms with Crippen molar-refractivity contribution >= 4 is 23.1 Å². The lowest BCUT2D eigenvalue weighted by Crippen LogP contribution is -2.37. The molecule has 10 heteroatoms. The normalized spacial score (nSPS) is 14.4. The molecule has 1 saturated heterocycles. The SMILES string of the molecule is COc1ccc(-c2cnc3c(Nc4ccc(C(=O)NCCOCCN5CCC(F)CC5)c(C)c4)nccn23)cc1. The van der Waals surface area contributed by atoms with E-state index in [9.17, 15) is 9.18 Å². The minimum absolute atomic E-state index is 0.143. The van der Waals surface area contributed by atoms with Crippen LogP contribution in [0.1, 0.15) is 28.8 Å². The van der Waals surface area contributed by atoms with Crippen LogP contribution in [0.15, 0.2) is 61.1 Å². The van der Waals surface area contributed by atoms with Gasteiger partial charge in [-0.3, -0.25) is 9.20 Å². The second-order valence-electron chi connectivity index (χ2n) is 9.88. The molecule has 1 aliphatic heterocycles. The quantitative estimate of drug-likeness (QED) is 0.265. The minimum Gasteiger partial charge on any atom is -0.497 e. The van der Waals surface area contributed by atoms with E-state index in [0.29, 0.717) is 49.6 Å². The van der Waals surface area contributed by atoms with Gasteiger partial charge in [0.15, 0.2) is 11.5 Å². The van der Waals surface area contributed by atoms with Gasteiger partial charge in [-0.2, -0.15) is 0 Å². The average Bonchev–Trinajstić information content (AvgIpc) is 3.41. The number of rotatable bonds is 11. The Balaban J connectivity index is 1.15. The second kappa shape index (κ2) is 12.9. The lowest BCUT2D eigenvalue weighted by atomic mass is 10.1. The van der Waals surface area contributed by atoms with Crippen LogP contribution in [-0.2, 0) is 4.74 Å². The number of anilines is 2. The monoisotopic (exact) mass is 546 g/mol. The van der Waals surface area contributed by atoms with Crippen LogP contribution in [0, 0.1) is 6.92 Å². The molecule has 3 heterocycles. The molecule has 2 aromatic carbocycles. The lowest BCUT2D eigenvalue weighted by molar-refractivity contribution is 0.0785. The minimum atomic E-state index is -0.665. The van der Waals surface area contributed by atoms with Crippen molar-refractivity contribution in [3.05, 3.63) is 72.2 Å². The smallest absolute Gasteiger partial charge is 0.251 e. The van der Waals surface area contributed by atoms with Crippen LogP contribution in [-0.4, -0.2) is 77.9 Å². The first-order chi connectivity index (χ1) is 19.5. The van der Waals surface area contributed by atoms with E-state index in [1.54, 1.807) is 19.4 Å². The van der Waals surface area contributed by atoms with Gasteiger partial charge in [0, 0.05) is 55.4 Å². The molecule has 0 saturated carbocycles. The maximum Gasteiger partial charge on any atom is 0.251 e. The molecule has 2 aromatic heterocycles. The third-order valence-corrected chi connectivity index (χ3v) is 7.15. The summed E-state index contributed by atoms with van der Waals surface area (Å²) in [5.41, 5.74) is 4.91. The Kier molecular flexibility index (Phi) is 8.87. The van der Waals surface area contributed by atoms with Crippen LogP contribution in [0.25, 0.3) is 16.9 Å². The van der Waals surface area contributed by atoms with Crippen molar-refractivity contribution in [2.45, 2.75) is 25.9 Å². The van der Waals surface area contributed by atoms with Crippen molar-refractivity contribution < 1.29 is 18.7 Å². The van der Waals surface area contributed by atoms with Crippen LogP contribution >= 0.6 is 0 Å². The first-order valence-corrected chi connectivity index (χ1v) is 13.6. The Labute approximate surface area is 233 Å². The molecule has 1 fully saturated rings. The first-order valence-electron chi connectivity index (χ1n) is 13.6. The molecule has 0 bridgehead atoms. The zero-order chi connectivity index (χ0) is 27.9. The van der Waals surface area contributed by atoms with Crippen LogP contribution in [0.5, 0.6) is 5.75 Å². The lowest BCUT2D eigenvalue weighted by Gasteiger charge is -2.28. The molecule has 40 heavy (non-hydrogen) atoms. The number of hydrogen-bond acceptors (Lipinski definition) is 7. The van der Waals surface area contributed by atoms with Gasteiger partial charge in [0.25, 0.3) is 5.91 Å². The predicted octanol–water partition coefficient (Wildman–Crippen LogP) is 4.64. The number of likely N-dealkylation sites (tertiary alicyclic amines) is 1. The summed E-state index contributed by atoms with van der Waals surface area (Å²) in [5, 5.41) is 6.26. The van der Waals surface area contributed by atoms with Crippen molar-refractivity contribution in [1.29, 1.82) is 0 Å². The summed E-state index contributed by atoms with van der Waals surface area (Å²) >= 11 is 0. The molecule has 5 rings (SSSR count). The highest BCUT2D eigenvalue weighted by Gasteiger charge is 2.18. The molecule has 9 nitrogen and oxygen atoms in total. The highest BCUT2D eigenvalue weighted by Crippen LogP contribution is 2.27. The number of carbonyl (C=O) groups excluding carboxylic acids is 1. The van der Waals surface area contributed by atoms with Gasteiger partial charge in [-0.15, -0.1) is 0 Å². The summed E-state index contributed by atoms with van der Waals surface area (Å²) in [6, 6.07) is 13.4. The Morgan fingerprint density at radius 3 is 2.65 bits per heavy atom. The largest absolute Gasteiger partial charge is 0.497 e. The average molecular weight is 547 g/mol. The topological polar surface area (TPSA) is 93.0 Å². The van der Waals surface area contributed by atoms with Gasteiger partial charge in [-0.05, 0) is 67.8 Å². The van der Waals surface area contributed by atoms with Crippen molar-refractivity contribution in [2.75, 3.05) is 51.8 Å². The second-order valence-corrected chi connectivity index (χ2v) is 9.88. The van der Waals surface area contributed by atoms with E-state index in [1.165, 1.54) is 0 Å². The predicted molar refractivity (Wildman–Crippen MR) is 153 cm³/mol. The third kappa shape index (κ3) is 6.57. The van der Waals surface area contributed by atoms with E-state index in [0.717, 1.165) is 47.9 Å². The molecule has 1 aliphatic rings. The summed E-state index contributed by atoms with van der Waals surface area (Å²) in [7, 11) is 1.65. The van der Waals surface area contributed by atoms with Crippen molar-refractivity contribution in [3.63, 3.8) is 0 Å². The number of piperidine rings is 1. The fraction of sp³-hybridized carbons (Fsp3) is 0.367. The van der Waals surface area contributed by atoms with E-state index in [4.69, 9.17) is 9.47 Å². The van der Waals surface area contributed by atoms with Gasteiger partial charge >= 0.3 is 0 Å². The number of fused-ring (bicyclic) bond motifs is 1. The van der Waals surface area contributed by atoms with Crippen LogP contribution in [0.4, 0.5) is 15.9 Å². The summed E-state index contributed by atoms with van der Waals surface area (Å²) < 4.78 is 26.1. The van der Waals surface area contributed by atoms with E-state index in [-0.39, 0.29) is 5.91 Å². The van der Waals surface area contributed by atoms with Gasteiger partial charge in [0.05, 0.1) is 32.2 Å². The third-order valence-electron chi connectivity index (χ3n) is 7.15. The standard InChI is InChI=1S/C30H35FN6O3/c1-21-19-24(5-8-26(21)30(38)33-12-17-40-18-16-36-13-9-23(31)10-14-36)35-28-29-34-20-27(37(29)15-11-32-28)22-3-6-25(39-2)7-4-22/h3-8,11,15,19-20,23H,9-10,12-14,16-18H2,1-2H3,(H,32,35)(H,33,38). The molecule has 4 aromatic rings. The number of aromatic nitrogens is 3. The maximum absolute atomic E-state index is 13.2. The molecule has 0 radical (unpaired) electrons. The van der Waals surface area contributed by atoms with Gasteiger partial charge in [0.2, 0.25) is 0 Å². The van der Waals surface area contributed by atoms with Gasteiger partial charge in [0.1, 0.15) is 11.9 Å². The maximum atomic E-state index is 13.2. The van der Waals surface area contributed by atoms with Crippen LogP contribution in [0.3, 0.4) is 0 Å². The van der Waals surface area contributed by atoms with E-state index in [2.05, 4.69) is 25.5 Å². The summed E-state index contributed by atoms with van der Waals surface area (Å²) in [5.74, 6) is 1.27. The van der Waals surface area contributed by atoms with Crippen LogP contribution in [0.2, 0.25) is 0 Å². The summed E-state index contributed by atoms with van der Waals surface area (Å²) in [4.78, 5) is 24.0. The number of carbonyl (C=O) groups is 1.